The van der Waals surface area contributed by atoms with Gasteiger partial charge >= 0.3 is 5.97 Å². The lowest BCUT2D eigenvalue weighted by atomic mass is 9.97. The number of methoxy groups -OCH3 is 2. The molecular weight excluding hydrogens is 325 g/mol. The summed E-state index contributed by atoms with van der Waals surface area (Å²) in [6.07, 6.45) is 5.05. The third-order valence-corrected chi connectivity index (χ3v) is 4.38. The maximum atomic E-state index is 13.7. The van der Waals surface area contributed by atoms with E-state index in [1.54, 1.807) is 31.6 Å². The molecule has 0 amide bonds. The molecule has 0 spiro atoms. The molecule has 1 fully saturated rings. The van der Waals surface area contributed by atoms with Crippen molar-refractivity contribution in [1.82, 2.24) is 9.97 Å². The van der Waals surface area contributed by atoms with Crippen LogP contribution in [0.4, 0.5) is 10.3 Å². The molecule has 1 aliphatic heterocycles. The first kappa shape index (κ1) is 17.1. The SMILES string of the molecule is COC(=O)c1cc(CC2CCN(c3ncc(OC)cn3)C2)ccc1F. The average molecular weight is 345 g/mol. The van der Waals surface area contributed by atoms with E-state index in [0.29, 0.717) is 17.6 Å². The number of nitrogens with zero attached hydrogens (tertiary/aromatic N) is 3. The number of benzene rings is 1. The number of hydrogen-bond acceptors (Lipinski definition) is 6. The second-order valence-corrected chi connectivity index (χ2v) is 6.03. The fourth-order valence-electron chi connectivity index (χ4n) is 3.06. The van der Waals surface area contributed by atoms with Gasteiger partial charge in [0.2, 0.25) is 5.95 Å². The molecule has 0 aliphatic carbocycles. The topological polar surface area (TPSA) is 64.5 Å². The Balaban J connectivity index is 1.65. The number of ether oxygens (including phenoxy) is 2. The predicted molar refractivity (Wildman–Crippen MR) is 90.3 cm³/mol. The van der Waals surface area contributed by atoms with Crippen molar-refractivity contribution >= 4 is 11.9 Å². The van der Waals surface area contributed by atoms with Crippen molar-refractivity contribution in [2.75, 3.05) is 32.2 Å². The highest BCUT2D eigenvalue weighted by molar-refractivity contribution is 5.89. The molecule has 1 saturated heterocycles. The number of rotatable bonds is 5. The lowest BCUT2D eigenvalue weighted by molar-refractivity contribution is 0.0595. The molecule has 0 N–H and O–H groups in total. The Morgan fingerprint density at radius 3 is 2.76 bits per heavy atom. The van der Waals surface area contributed by atoms with Crippen LogP contribution in [-0.4, -0.2) is 43.2 Å². The zero-order valence-electron chi connectivity index (χ0n) is 14.2. The van der Waals surface area contributed by atoms with Gasteiger partial charge in [-0.2, -0.15) is 0 Å². The number of esters is 1. The van der Waals surface area contributed by atoms with E-state index in [2.05, 4.69) is 19.6 Å². The quantitative estimate of drug-likeness (QED) is 0.776. The summed E-state index contributed by atoms with van der Waals surface area (Å²) in [4.78, 5) is 22.4. The zero-order chi connectivity index (χ0) is 17.8. The van der Waals surface area contributed by atoms with Gasteiger partial charge in [-0.1, -0.05) is 6.07 Å². The normalized spacial score (nSPS) is 16.8. The minimum atomic E-state index is -0.654. The van der Waals surface area contributed by atoms with Crippen LogP contribution in [0.3, 0.4) is 0 Å². The Labute approximate surface area is 145 Å². The lowest BCUT2D eigenvalue weighted by Gasteiger charge is -2.16. The van der Waals surface area contributed by atoms with E-state index in [1.807, 2.05) is 0 Å². The minimum Gasteiger partial charge on any atom is -0.494 e. The Morgan fingerprint density at radius 1 is 1.32 bits per heavy atom. The Morgan fingerprint density at radius 2 is 2.08 bits per heavy atom. The number of anilines is 1. The van der Waals surface area contributed by atoms with E-state index in [4.69, 9.17) is 4.74 Å². The molecule has 0 saturated carbocycles. The van der Waals surface area contributed by atoms with E-state index < -0.39 is 11.8 Å². The molecule has 132 valence electrons. The highest BCUT2D eigenvalue weighted by Gasteiger charge is 2.25. The van der Waals surface area contributed by atoms with Crippen LogP contribution < -0.4 is 9.64 Å². The Kier molecular flexibility index (Phi) is 5.11. The molecule has 1 unspecified atom stereocenters. The third kappa shape index (κ3) is 3.87. The summed E-state index contributed by atoms with van der Waals surface area (Å²) in [5.41, 5.74) is 0.901. The van der Waals surface area contributed by atoms with Gasteiger partial charge in [0.15, 0.2) is 5.75 Å². The fourth-order valence-corrected chi connectivity index (χ4v) is 3.06. The molecule has 0 radical (unpaired) electrons. The summed E-state index contributed by atoms with van der Waals surface area (Å²) < 4.78 is 23.4. The van der Waals surface area contributed by atoms with Gasteiger partial charge < -0.3 is 14.4 Å². The Hall–Kier alpha value is -2.70. The fraction of sp³-hybridized carbons (Fsp3) is 0.389. The van der Waals surface area contributed by atoms with E-state index in [-0.39, 0.29) is 5.56 Å². The number of halogens is 1. The molecule has 1 aromatic heterocycles. The zero-order valence-corrected chi connectivity index (χ0v) is 14.2. The lowest BCUT2D eigenvalue weighted by Crippen LogP contribution is -2.22. The van der Waals surface area contributed by atoms with Crippen molar-refractivity contribution in [2.45, 2.75) is 12.8 Å². The number of aromatic nitrogens is 2. The summed E-state index contributed by atoms with van der Waals surface area (Å²) in [5.74, 6) is 0.481. The average Bonchev–Trinajstić information content (AvgIpc) is 3.11. The summed E-state index contributed by atoms with van der Waals surface area (Å²) in [7, 11) is 2.83. The van der Waals surface area contributed by atoms with Gasteiger partial charge in [0.05, 0.1) is 32.2 Å². The van der Waals surface area contributed by atoms with Gasteiger partial charge in [-0.05, 0) is 36.5 Å². The molecule has 1 aromatic carbocycles. The molecule has 3 rings (SSSR count). The van der Waals surface area contributed by atoms with Gasteiger partial charge in [-0.15, -0.1) is 0 Å². The third-order valence-electron chi connectivity index (χ3n) is 4.38. The first-order chi connectivity index (χ1) is 12.1. The van der Waals surface area contributed by atoms with Crippen molar-refractivity contribution in [3.63, 3.8) is 0 Å². The molecule has 25 heavy (non-hydrogen) atoms. The van der Waals surface area contributed by atoms with Crippen LogP contribution in [0.2, 0.25) is 0 Å². The monoisotopic (exact) mass is 345 g/mol. The smallest absolute Gasteiger partial charge is 0.340 e. The molecule has 6 nitrogen and oxygen atoms in total. The Bertz CT molecular complexity index is 752. The van der Waals surface area contributed by atoms with E-state index >= 15 is 0 Å². The van der Waals surface area contributed by atoms with Crippen molar-refractivity contribution in [1.29, 1.82) is 0 Å². The van der Waals surface area contributed by atoms with Crippen molar-refractivity contribution < 1.29 is 18.7 Å². The van der Waals surface area contributed by atoms with Gasteiger partial charge in [0.25, 0.3) is 0 Å². The standard InChI is InChI=1S/C18H20FN3O3/c1-24-14-9-20-18(21-10-14)22-6-5-13(11-22)7-12-3-4-16(19)15(8-12)17(23)25-2/h3-4,8-10,13H,5-7,11H2,1-2H3. The van der Waals surface area contributed by atoms with Crippen LogP contribution in [0, 0.1) is 11.7 Å². The van der Waals surface area contributed by atoms with Crippen LogP contribution in [0.1, 0.15) is 22.3 Å². The number of carbonyl (C=O) groups is 1. The van der Waals surface area contributed by atoms with E-state index in [9.17, 15) is 9.18 Å². The van der Waals surface area contributed by atoms with Crippen molar-refractivity contribution in [3.05, 3.63) is 47.5 Å². The minimum absolute atomic E-state index is 0.0201. The van der Waals surface area contributed by atoms with Gasteiger partial charge in [-0.3, -0.25) is 0 Å². The molecule has 1 atom stereocenters. The molecule has 0 bridgehead atoms. The summed E-state index contributed by atoms with van der Waals surface area (Å²) >= 11 is 0. The molecule has 7 heteroatoms. The molecule has 2 aromatic rings. The predicted octanol–water partition coefficient (Wildman–Crippen LogP) is 2.48. The van der Waals surface area contributed by atoms with Gasteiger partial charge in [0.1, 0.15) is 5.82 Å². The molecule has 2 heterocycles. The van der Waals surface area contributed by atoms with Crippen LogP contribution in [0.15, 0.2) is 30.6 Å². The number of hydrogen-bond donors (Lipinski definition) is 0. The highest BCUT2D eigenvalue weighted by atomic mass is 19.1. The largest absolute Gasteiger partial charge is 0.494 e. The maximum Gasteiger partial charge on any atom is 0.340 e. The van der Waals surface area contributed by atoms with Crippen LogP contribution >= 0.6 is 0 Å². The van der Waals surface area contributed by atoms with Gasteiger partial charge in [-0.25, -0.2) is 19.2 Å². The van der Waals surface area contributed by atoms with Crippen molar-refractivity contribution in [3.8, 4) is 5.75 Å². The first-order valence-electron chi connectivity index (χ1n) is 8.08. The second-order valence-electron chi connectivity index (χ2n) is 6.03. The van der Waals surface area contributed by atoms with Crippen LogP contribution in [0.5, 0.6) is 5.75 Å². The molecular formula is C18H20FN3O3. The molecule has 1 aliphatic rings. The second kappa shape index (κ2) is 7.46. The first-order valence-corrected chi connectivity index (χ1v) is 8.08. The van der Waals surface area contributed by atoms with E-state index in [0.717, 1.165) is 31.5 Å². The summed E-state index contributed by atoms with van der Waals surface area (Å²) in [6.45, 7) is 1.68. The summed E-state index contributed by atoms with van der Waals surface area (Å²) in [6, 6.07) is 4.61. The van der Waals surface area contributed by atoms with E-state index in [1.165, 1.54) is 13.2 Å². The van der Waals surface area contributed by atoms with Gasteiger partial charge in [0, 0.05) is 13.1 Å². The number of carbonyl (C=O) groups excluding carboxylic acids is 1. The van der Waals surface area contributed by atoms with Crippen molar-refractivity contribution in [2.24, 2.45) is 5.92 Å². The summed E-state index contributed by atoms with van der Waals surface area (Å²) in [5, 5.41) is 0. The van der Waals surface area contributed by atoms with Crippen LogP contribution in [0.25, 0.3) is 0 Å². The highest BCUT2D eigenvalue weighted by Crippen LogP contribution is 2.25. The maximum absolute atomic E-state index is 13.7. The van der Waals surface area contributed by atoms with Crippen LogP contribution in [-0.2, 0) is 11.2 Å².